The second kappa shape index (κ2) is 7.52. The maximum atomic E-state index is 11.9. The van der Waals surface area contributed by atoms with Crippen LogP contribution in [0.15, 0.2) is 12.7 Å². The van der Waals surface area contributed by atoms with E-state index < -0.39 is 11.4 Å². The first-order chi connectivity index (χ1) is 8.08. The third kappa shape index (κ3) is 3.64. The Morgan fingerprint density at radius 3 is 2.65 bits per heavy atom. The summed E-state index contributed by atoms with van der Waals surface area (Å²) in [6, 6.07) is 2.06. The van der Waals surface area contributed by atoms with Gasteiger partial charge in [0.1, 0.15) is 0 Å². The summed E-state index contributed by atoms with van der Waals surface area (Å²) >= 11 is 0. The average Bonchev–Trinajstić information content (AvgIpc) is 2.33. The Hall–Kier alpha value is -1.74. The second-order valence-corrected chi connectivity index (χ2v) is 3.69. The van der Waals surface area contributed by atoms with Crippen LogP contribution in [-0.2, 0) is 9.53 Å². The number of nitrogens with zero attached hydrogens (tertiary/aromatic N) is 1. The topological polar surface area (TPSA) is 50.1 Å². The van der Waals surface area contributed by atoms with E-state index in [0.717, 1.165) is 0 Å². The van der Waals surface area contributed by atoms with Crippen molar-refractivity contribution in [3.8, 4) is 17.9 Å². The van der Waals surface area contributed by atoms with Gasteiger partial charge in [0.15, 0.2) is 5.41 Å². The minimum atomic E-state index is -1.24. The van der Waals surface area contributed by atoms with Crippen LogP contribution in [0.3, 0.4) is 0 Å². The summed E-state index contributed by atoms with van der Waals surface area (Å²) in [6.45, 7) is 9.26. The molecule has 2 atom stereocenters. The smallest absolute Gasteiger partial charge is 0.328 e. The van der Waals surface area contributed by atoms with E-state index in [1.54, 1.807) is 19.9 Å². The Balaban J connectivity index is 5.28. The molecule has 17 heavy (non-hydrogen) atoms. The van der Waals surface area contributed by atoms with Crippen LogP contribution < -0.4 is 0 Å². The minimum Gasteiger partial charge on any atom is -0.465 e. The van der Waals surface area contributed by atoms with Crippen molar-refractivity contribution in [2.45, 2.75) is 33.6 Å². The summed E-state index contributed by atoms with van der Waals surface area (Å²) in [5.74, 6) is 4.94. The van der Waals surface area contributed by atoms with Crippen LogP contribution in [0.2, 0.25) is 0 Å². The van der Waals surface area contributed by atoms with Gasteiger partial charge in [0, 0.05) is 12.3 Å². The molecule has 0 aromatic heterocycles. The predicted octanol–water partition coefficient (Wildman–Crippen LogP) is 2.69. The summed E-state index contributed by atoms with van der Waals surface area (Å²) < 4.78 is 4.97. The first-order valence-corrected chi connectivity index (χ1v) is 5.76. The fraction of sp³-hybridized carbons (Fsp3) is 0.571. The van der Waals surface area contributed by atoms with Gasteiger partial charge in [-0.15, -0.1) is 12.5 Å². The molecule has 0 N–H and O–H groups in total. The summed E-state index contributed by atoms with van der Waals surface area (Å²) in [4.78, 5) is 11.9. The van der Waals surface area contributed by atoms with E-state index >= 15 is 0 Å². The second-order valence-electron chi connectivity index (χ2n) is 3.69. The zero-order valence-corrected chi connectivity index (χ0v) is 10.7. The van der Waals surface area contributed by atoms with Crippen molar-refractivity contribution in [1.29, 1.82) is 5.26 Å². The maximum absolute atomic E-state index is 11.9. The fourth-order valence-electron chi connectivity index (χ4n) is 1.49. The maximum Gasteiger partial charge on any atom is 0.328 e. The molecule has 0 aromatic carbocycles. The number of ether oxygens (including phenoxy) is 1. The predicted molar refractivity (Wildman–Crippen MR) is 66.7 cm³/mol. The number of allylic oxidation sites excluding steroid dienone is 1. The van der Waals surface area contributed by atoms with Crippen LogP contribution in [0, 0.1) is 34.5 Å². The van der Waals surface area contributed by atoms with Crippen molar-refractivity contribution in [2.24, 2.45) is 11.3 Å². The van der Waals surface area contributed by atoms with Gasteiger partial charge in [-0.05, 0) is 20.3 Å². The molecule has 3 heteroatoms. The van der Waals surface area contributed by atoms with Gasteiger partial charge < -0.3 is 4.74 Å². The molecule has 0 aliphatic carbocycles. The molecular weight excluding hydrogens is 214 g/mol. The molecule has 3 nitrogen and oxygen atoms in total. The standard InChI is InChI=1S/C14H19NO2/c1-5-8-9-12(4)14(11-15,10-6-2)13(16)17-7-3/h6,12H,2,5,7,10H2,1,3-4H3/t12-,14+/m0/s1. The van der Waals surface area contributed by atoms with Crippen LogP contribution in [0.1, 0.15) is 33.6 Å². The Bertz CT molecular complexity index is 370. The molecule has 0 saturated carbocycles. The first kappa shape index (κ1) is 15.3. The van der Waals surface area contributed by atoms with Crippen molar-refractivity contribution in [1.82, 2.24) is 0 Å². The van der Waals surface area contributed by atoms with Gasteiger partial charge in [0.25, 0.3) is 0 Å². The highest BCUT2D eigenvalue weighted by Crippen LogP contribution is 2.33. The molecule has 0 heterocycles. The van der Waals surface area contributed by atoms with E-state index in [9.17, 15) is 10.1 Å². The number of rotatable bonds is 5. The molecule has 0 unspecified atom stereocenters. The number of carbonyl (C=O) groups is 1. The van der Waals surface area contributed by atoms with Gasteiger partial charge in [-0.3, -0.25) is 4.79 Å². The highest BCUT2D eigenvalue weighted by atomic mass is 16.5. The van der Waals surface area contributed by atoms with E-state index in [-0.39, 0.29) is 18.9 Å². The molecule has 0 spiro atoms. The Labute approximate surface area is 103 Å². The van der Waals surface area contributed by atoms with Gasteiger partial charge in [-0.2, -0.15) is 5.26 Å². The Morgan fingerprint density at radius 1 is 1.59 bits per heavy atom. The van der Waals surface area contributed by atoms with E-state index in [4.69, 9.17) is 4.74 Å². The number of hydrogen-bond donors (Lipinski definition) is 0. The lowest BCUT2D eigenvalue weighted by molar-refractivity contribution is -0.153. The van der Waals surface area contributed by atoms with Crippen LogP contribution >= 0.6 is 0 Å². The summed E-state index contributed by atoms with van der Waals surface area (Å²) in [5.41, 5.74) is -1.24. The molecule has 0 aliphatic heterocycles. The number of carbonyl (C=O) groups excluding carboxylic acids is 1. The third-order valence-corrected chi connectivity index (χ3v) is 2.54. The van der Waals surface area contributed by atoms with Crippen molar-refractivity contribution < 1.29 is 9.53 Å². The zero-order chi connectivity index (χ0) is 13.3. The largest absolute Gasteiger partial charge is 0.465 e. The van der Waals surface area contributed by atoms with Crippen molar-refractivity contribution >= 4 is 5.97 Å². The molecule has 0 aliphatic rings. The quantitative estimate of drug-likeness (QED) is 0.417. The Kier molecular flexibility index (Phi) is 6.75. The molecule has 0 aromatic rings. The van der Waals surface area contributed by atoms with Crippen molar-refractivity contribution in [2.75, 3.05) is 6.61 Å². The highest BCUT2D eigenvalue weighted by molar-refractivity contribution is 5.81. The summed E-state index contributed by atoms with van der Waals surface area (Å²) in [7, 11) is 0. The zero-order valence-electron chi connectivity index (χ0n) is 10.7. The van der Waals surface area contributed by atoms with Crippen LogP contribution in [-0.4, -0.2) is 12.6 Å². The number of esters is 1. The van der Waals surface area contributed by atoms with Gasteiger partial charge in [-0.1, -0.05) is 18.9 Å². The van der Waals surface area contributed by atoms with Gasteiger partial charge in [-0.25, -0.2) is 0 Å². The lowest BCUT2D eigenvalue weighted by atomic mass is 9.75. The summed E-state index contributed by atoms with van der Waals surface area (Å²) in [6.07, 6.45) is 2.51. The van der Waals surface area contributed by atoms with E-state index in [0.29, 0.717) is 6.42 Å². The van der Waals surface area contributed by atoms with E-state index in [2.05, 4.69) is 24.5 Å². The van der Waals surface area contributed by atoms with Crippen LogP contribution in [0.4, 0.5) is 0 Å². The van der Waals surface area contributed by atoms with E-state index in [1.165, 1.54) is 0 Å². The van der Waals surface area contributed by atoms with Crippen molar-refractivity contribution in [3.63, 3.8) is 0 Å². The SMILES string of the molecule is C=CC[C@](C#N)(C(=O)OCC)[C@@H](C)C#CCC. The minimum absolute atomic E-state index is 0.252. The van der Waals surface area contributed by atoms with Gasteiger partial charge in [0.05, 0.1) is 12.7 Å². The normalized spacial score (nSPS) is 14.5. The monoisotopic (exact) mass is 233 g/mol. The molecule has 92 valence electrons. The fourth-order valence-corrected chi connectivity index (χ4v) is 1.49. The molecule has 0 fully saturated rings. The van der Waals surface area contributed by atoms with Gasteiger partial charge in [0.2, 0.25) is 0 Å². The molecule has 0 radical (unpaired) electrons. The summed E-state index contributed by atoms with van der Waals surface area (Å²) in [5, 5.41) is 9.31. The average molecular weight is 233 g/mol. The molecule has 0 bridgehead atoms. The molecule has 0 rings (SSSR count). The van der Waals surface area contributed by atoms with Gasteiger partial charge >= 0.3 is 5.97 Å². The third-order valence-electron chi connectivity index (χ3n) is 2.54. The molecular formula is C14H19NO2. The highest BCUT2D eigenvalue weighted by Gasteiger charge is 2.44. The number of hydrogen-bond acceptors (Lipinski definition) is 3. The van der Waals surface area contributed by atoms with Crippen LogP contribution in [0.25, 0.3) is 0 Å². The lowest BCUT2D eigenvalue weighted by Crippen LogP contribution is -2.37. The Morgan fingerprint density at radius 2 is 2.24 bits per heavy atom. The lowest BCUT2D eigenvalue weighted by Gasteiger charge is -2.26. The number of nitriles is 1. The molecule has 0 amide bonds. The van der Waals surface area contributed by atoms with Crippen LogP contribution in [0.5, 0.6) is 0 Å². The molecule has 0 saturated heterocycles. The first-order valence-electron chi connectivity index (χ1n) is 5.76. The van der Waals surface area contributed by atoms with Crippen molar-refractivity contribution in [3.05, 3.63) is 12.7 Å². The van der Waals surface area contributed by atoms with E-state index in [1.807, 2.05) is 6.92 Å².